The van der Waals surface area contributed by atoms with Crippen molar-refractivity contribution in [3.05, 3.63) is 42.1 Å². The second kappa shape index (κ2) is 9.18. The average Bonchev–Trinajstić information content (AvgIpc) is 3.27. The standard InChI is InChI=1S/C22H33N5O/c1-25-8-5-9-26(11-10-25)14-20-15-27(16-21(20)17-28)13-19-12-23-24-22(19)18-6-3-2-4-7-18/h2-4,6-7,12,20-21,28H,5,8-11,13-17H2,1H3,(H,23,24). The van der Waals surface area contributed by atoms with Crippen LogP contribution in [0.2, 0.25) is 0 Å². The van der Waals surface area contributed by atoms with E-state index in [4.69, 9.17) is 0 Å². The Hall–Kier alpha value is -1.73. The highest BCUT2D eigenvalue weighted by atomic mass is 16.3. The number of rotatable bonds is 6. The van der Waals surface area contributed by atoms with E-state index in [-0.39, 0.29) is 6.61 Å². The predicted octanol–water partition coefficient (Wildman–Crippen LogP) is 1.75. The van der Waals surface area contributed by atoms with E-state index in [0.29, 0.717) is 11.8 Å². The number of aliphatic hydroxyl groups is 1. The van der Waals surface area contributed by atoms with Crippen LogP contribution in [0.3, 0.4) is 0 Å². The number of benzene rings is 1. The third-order valence-corrected chi connectivity index (χ3v) is 6.37. The summed E-state index contributed by atoms with van der Waals surface area (Å²) in [6.45, 7) is 8.96. The molecule has 28 heavy (non-hydrogen) atoms. The van der Waals surface area contributed by atoms with Crippen LogP contribution >= 0.6 is 0 Å². The molecule has 2 aliphatic heterocycles. The number of nitrogens with one attached hydrogen (secondary N) is 1. The van der Waals surface area contributed by atoms with Crippen molar-refractivity contribution in [2.45, 2.75) is 13.0 Å². The zero-order valence-electron chi connectivity index (χ0n) is 16.9. The van der Waals surface area contributed by atoms with Gasteiger partial charge in [0.2, 0.25) is 0 Å². The van der Waals surface area contributed by atoms with E-state index < -0.39 is 0 Å². The lowest BCUT2D eigenvalue weighted by molar-refractivity contribution is 0.165. The van der Waals surface area contributed by atoms with Gasteiger partial charge in [0.1, 0.15) is 0 Å². The van der Waals surface area contributed by atoms with Crippen LogP contribution < -0.4 is 0 Å². The third-order valence-electron chi connectivity index (χ3n) is 6.37. The Balaban J connectivity index is 1.39. The molecule has 6 heteroatoms. The molecule has 0 saturated carbocycles. The highest BCUT2D eigenvalue weighted by Gasteiger charge is 2.34. The molecule has 0 amide bonds. The Bertz CT molecular complexity index is 734. The van der Waals surface area contributed by atoms with Crippen LogP contribution in [0.4, 0.5) is 0 Å². The molecule has 0 spiro atoms. The number of nitrogens with zero attached hydrogens (tertiary/aromatic N) is 4. The Labute approximate surface area is 168 Å². The number of aliphatic hydroxyl groups excluding tert-OH is 1. The fourth-order valence-corrected chi connectivity index (χ4v) is 4.72. The van der Waals surface area contributed by atoms with Gasteiger partial charge in [-0.05, 0) is 44.0 Å². The SMILES string of the molecule is CN1CCCN(CC2CN(Cc3cn[nH]c3-c3ccccc3)CC2CO)CC1. The lowest BCUT2D eigenvalue weighted by atomic mass is 9.96. The second-order valence-electron chi connectivity index (χ2n) is 8.49. The number of H-pyrrole nitrogens is 1. The molecule has 2 fully saturated rings. The van der Waals surface area contributed by atoms with Gasteiger partial charge in [-0.15, -0.1) is 0 Å². The van der Waals surface area contributed by atoms with Crippen LogP contribution in [-0.2, 0) is 6.54 Å². The Kier molecular flexibility index (Phi) is 6.42. The summed E-state index contributed by atoms with van der Waals surface area (Å²) in [6.07, 6.45) is 3.19. The fourth-order valence-electron chi connectivity index (χ4n) is 4.72. The minimum Gasteiger partial charge on any atom is -0.396 e. The summed E-state index contributed by atoms with van der Waals surface area (Å²) in [4.78, 5) is 7.52. The summed E-state index contributed by atoms with van der Waals surface area (Å²) in [5, 5.41) is 17.4. The van der Waals surface area contributed by atoms with Crippen molar-refractivity contribution in [2.24, 2.45) is 11.8 Å². The third kappa shape index (κ3) is 4.63. The lowest BCUT2D eigenvalue weighted by Crippen LogP contribution is -2.36. The van der Waals surface area contributed by atoms with E-state index in [1.54, 1.807) is 0 Å². The molecule has 2 unspecified atom stereocenters. The molecule has 4 rings (SSSR count). The molecule has 2 saturated heterocycles. The van der Waals surface area contributed by atoms with E-state index in [1.807, 2.05) is 12.3 Å². The van der Waals surface area contributed by atoms with Crippen molar-refractivity contribution in [2.75, 3.05) is 59.5 Å². The molecular formula is C22H33N5O. The molecule has 3 heterocycles. The molecule has 2 aliphatic rings. The van der Waals surface area contributed by atoms with Crippen molar-refractivity contribution in [3.63, 3.8) is 0 Å². The minimum absolute atomic E-state index is 0.284. The van der Waals surface area contributed by atoms with Crippen molar-refractivity contribution < 1.29 is 5.11 Å². The molecule has 2 aromatic rings. The highest BCUT2D eigenvalue weighted by Crippen LogP contribution is 2.28. The number of aromatic nitrogens is 2. The second-order valence-corrected chi connectivity index (χ2v) is 8.49. The van der Waals surface area contributed by atoms with Crippen molar-refractivity contribution in [1.82, 2.24) is 24.9 Å². The highest BCUT2D eigenvalue weighted by molar-refractivity contribution is 5.62. The Morgan fingerprint density at radius 1 is 1.04 bits per heavy atom. The molecule has 1 aromatic heterocycles. The predicted molar refractivity (Wildman–Crippen MR) is 112 cm³/mol. The number of aromatic amines is 1. The lowest BCUT2D eigenvalue weighted by Gasteiger charge is -2.26. The first kappa shape index (κ1) is 19.6. The summed E-state index contributed by atoms with van der Waals surface area (Å²) in [5.74, 6) is 0.911. The summed E-state index contributed by atoms with van der Waals surface area (Å²) in [5.41, 5.74) is 3.53. The summed E-state index contributed by atoms with van der Waals surface area (Å²) in [6, 6.07) is 10.4. The van der Waals surface area contributed by atoms with Gasteiger partial charge in [0.15, 0.2) is 0 Å². The molecule has 152 valence electrons. The zero-order chi connectivity index (χ0) is 19.3. The van der Waals surface area contributed by atoms with Crippen LogP contribution in [-0.4, -0.2) is 89.5 Å². The van der Waals surface area contributed by atoms with Gasteiger partial charge in [0.25, 0.3) is 0 Å². The molecule has 0 bridgehead atoms. The maximum atomic E-state index is 9.97. The zero-order valence-corrected chi connectivity index (χ0v) is 16.9. The van der Waals surface area contributed by atoms with Crippen LogP contribution in [0.1, 0.15) is 12.0 Å². The van der Waals surface area contributed by atoms with E-state index in [0.717, 1.165) is 45.0 Å². The minimum atomic E-state index is 0.284. The van der Waals surface area contributed by atoms with Gasteiger partial charge < -0.3 is 14.9 Å². The van der Waals surface area contributed by atoms with E-state index >= 15 is 0 Å². The maximum Gasteiger partial charge on any atom is 0.0695 e. The van der Waals surface area contributed by atoms with Crippen molar-refractivity contribution >= 4 is 0 Å². The first-order valence-corrected chi connectivity index (χ1v) is 10.5. The molecule has 6 nitrogen and oxygen atoms in total. The quantitative estimate of drug-likeness (QED) is 0.796. The Morgan fingerprint density at radius 2 is 1.86 bits per heavy atom. The van der Waals surface area contributed by atoms with Crippen molar-refractivity contribution in [1.29, 1.82) is 0 Å². The topological polar surface area (TPSA) is 58.6 Å². The molecular weight excluding hydrogens is 350 g/mol. The number of likely N-dealkylation sites (N-methyl/N-ethyl adjacent to an activating group) is 1. The Morgan fingerprint density at radius 3 is 2.68 bits per heavy atom. The van der Waals surface area contributed by atoms with Gasteiger partial charge >= 0.3 is 0 Å². The van der Waals surface area contributed by atoms with Gasteiger partial charge in [0, 0.05) is 51.4 Å². The van der Waals surface area contributed by atoms with Gasteiger partial charge in [-0.3, -0.25) is 10.00 Å². The fraction of sp³-hybridized carbons (Fsp3) is 0.591. The average molecular weight is 384 g/mol. The summed E-state index contributed by atoms with van der Waals surface area (Å²) < 4.78 is 0. The normalized spacial score (nSPS) is 25.2. The smallest absolute Gasteiger partial charge is 0.0695 e. The van der Waals surface area contributed by atoms with Gasteiger partial charge in [-0.25, -0.2) is 0 Å². The van der Waals surface area contributed by atoms with Crippen LogP contribution in [0.25, 0.3) is 11.3 Å². The van der Waals surface area contributed by atoms with Crippen LogP contribution in [0, 0.1) is 11.8 Å². The van der Waals surface area contributed by atoms with Gasteiger partial charge in [-0.1, -0.05) is 30.3 Å². The van der Waals surface area contributed by atoms with E-state index in [1.165, 1.54) is 30.6 Å². The molecule has 0 aliphatic carbocycles. The van der Waals surface area contributed by atoms with E-state index in [9.17, 15) is 5.11 Å². The van der Waals surface area contributed by atoms with Crippen LogP contribution in [0.5, 0.6) is 0 Å². The monoisotopic (exact) mass is 383 g/mol. The largest absolute Gasteiger partial charge is 0.396 e. The van der Waals surface area contributed by atoms with Gasteiger partial charge in [-0.2, -0.15) is 5.10 Å². The first-order chi connectivity index (χ1) is 13.7. The molecule has 0 radical (unpaired) electrons. The number of hydrogen-bond donors (Lipinski definition) is 2. The maximum absolute atomic E-state index is 9.97. The van der Waals surface area contributed by atoms with Crippen LogP contribution in [0.15, 0.2) is 36.5 Å². The molecule has 2 atom stereocenters. The summed E-state index contributed by atoms with van der Waals surface area (Å²) >= 11 is 0. The first-order valence-electron chi connectivity index (χ1n) is 10.5. The van der Waals surface area contributed by atoms with Gasteiger partial charge in [0.05, 0.1) is 11.9 Å². The molecule has 2 N–H and O–H groups in total. The van der Waals surface area contributed by atoms with E-state index in [2.05, 4.69) is 56.2 Å². The summed E-state index contributed by atoms with van der Waals surface area (Å²) in [7, 11) is 2.21. The van der Waals surface area contributed by atoms with Crippen molar-refractivity contribution in [3.8, 4) is 11.3 Å². The number of likely N-dealkylation sites (tertiary alicyclic amines) is 1. The number of hydrogen-bond acceptors (Lipinski definition) is 5. The molecule has 1 aromatic carbocycles.